The van der Waals surface area contributed by atoms with Crippen molar-refractivity contribution in [1.29, 1.82) is 0 Å². The molecule has 0 heterocycles. The number of carboxylic acids is 1. The van der Waals surface area contributed by atoms with Crippen molar-refractivity contribution >= 4 is 11.7 Å². The Balaban J connectivity index is 0.00000121. The molecule has 0 aliphatic heterocycles. The minimum Gasteiger partial charge on any atom is -0.545 e. The van der Waals surface area contributed by atoms with Crippen LogP contribution in [0.1, 0.15) is 10.4 Å². The molecule has 0 aromatic heterocycles. The summed E-state index contributed by atoms with van der Waals surface area (Å²) in [4.78, 5) is 10.2. The topological polar surface area (TPSA) is 86.4 Å². The molecule has 0 bridgehead atoms. The number of aromatic carboxylic acids is 1. The number of carbonyl (C=O) groups excluding carboxylic acids is 1. The van der Waals surface area contributed by atoms with E-state index >= 15 is 0 Å². The number of nitrogens with two attached hydrogens (primary N) is 1. The molecule has 0 radical (unpaired) electrons. The van der Waals surface area contributed by atoms with Crippen molar-refractivity contribution in [3.63, 3.8) is 0 Å². The van der Waals surface area contributed by atoms with E-state index in [0.29, 0.717) is 5.69 Å². The maximum absolute atomic E-state index is 10.2. The Hall–Kier alpha value is -0.0736. The smallest absolute Gasteiger partial charge is 0.545 e. The van der Waals surface area contributed by atoms with Crippen LogP contribution in [0.15, 0.2) is 18.2 Å². The number of hydrogen-bond acceptors (Lipinski definition) is 4. The standard InChI is InChI=1S/C7H7NO3.K/c8-4-1-2-5(7(10)11)6(9)3-4;/h1-3,9H,8H2,(H,10,11);/q;+1/p-1. The summed E-state index contributed by atoms with van der Waals surface area (Å²) >= 11 is 0. The van der Waals surface area contributed by atoms with E-state index in [1.807, 2.05) is 0 Å². The molecule has 0 saturated heterocycles. The van der Waals surface area contributed by atoms with E-state index in [1.165, 1.54) is 12.1 Å². The van der Waals surface area contributed by atoms with Crippen LogP contribution in [0.2, 0.25) is 0 Å². The summed E-state index contributed by atoms with van der Waals surface area (Å²) in [6, 6.07) is 3.73. The second-order valence-corrected chi connectivity index (χ2v) is 2.06. The van der Waals surface area contributed by atoms with E-state index in [1.54, 1.807) is 0 Å². The molecule has 0 aliphatic rings. The van der Waals surface area contributed by atoms with Crippen molar-refractivity contribution in [2.75, 3.05) is 5.73 Å². The zero-order valence-electron chi connectivity index (χ0n) is 6.57. The number of anilines is 1. The van der Waals surface area contributed by atoms with Gasteiger partial charge >= 0.3 is 51.4 Å². The number of nitrogen functional groups attached to an aromatic ring is 1. The molecule has 1 rings (SSSR count). The zero-order valence-corrected chi connectivity index (χ0v) is 9.70. The van der Waals surface area contributed by atoms with Crippen molar-refractivity contribution in [3.05, 3.63) is 23.8 Å². The van der Waals surface area contributed by atoms with Crippen molar-refractivity contribution in [3.8, 4) is 5.75 Å². The fraction of sp³-hybridized carbons (Fsp3) is 0. The number of phenols is 1. The van der Waals surface area contributed by atoms with Crippen LogP contribution in [0, 0.1) is 0 Å². The van der Waals surface area contributed by atoms with Gasteiger partial charge in [-0.1, -0.05) is 0 Å². The van der Waals surface area contributed by atoms with Gasteiger partial charge in [-0.15, -0.1) is 0 Å². The van der Waals surface area contributed by atoms with Crippen LogP contribution in [0.3, 0.4) is 0 Å². The number of rotatable bonds is 1. The molecule has 0 atom stereocenters. The van der Waals surface area contributed by atoms with Gasteiger partial charge in [-0.25, -0.2) is 0 Å². The van der Waals surface area contributed by atoms with Crippen molar-refractivity contribution < 1.29 is 66.4 Å². The van der Waals surface area contributed by atoms with Gasteiger partial charge in [-0.05, 0) is 12.1 Å². The Labute approximate surface area is 112 Å². The van der Waals surface area contributed by atoms with Gasteiger partial charge in [-0.3, -0.25) is 0 Å². The van der Waals surface area contributed by atoms with E-state index in [9.17, 15) is 9.90 Å². The van der Waals surface area contributed by atoms with Crippen molar-refractivity contribution in [1.82, 2.24) is 0 Å². The van der Waals surface area contributed by atoms with Crippen LogP contribution in [-0.4, -0.2) is 11.1 Å². The van der Waals surface area contributed by atoms with Crippen LogP contribution in [0.4, 0.5) is 5.69 Å². The van der Waals surface area contributed by atoms with Gasteiger partial charge in [0.2, 0.25) is 0 Å². The largest absolute Gasteiger partial charge is 1.00 e. The molecule has 5 heteroatoms. The Morgan fingerprint density at radius 1 is 1.50 bits per heavy atom. The zero-order chi connectivity index (χ0) is 8.43. The summed E-state index contributed by atoms with van der Waals surface area (Å²) < 4.78 is 0. The predicted octanol–water partition coefficient (Wildman–Crippen LogP) is -3.66. The van der Waals surface area contributed by atoms with Gasteiger partial charge < -0.3 is 20.7 Å². The van der Waals surface area contributed by atoms with Crippen LogP contribution in [-0.2, 0) is 0 Å². The minimum absolute atomic E-state index is 0. The monoisotopic (exact) mass is 191 g/mol. The molecular weight excluding hydrogens is 185 g/mol. The first-order chi connectivity index (χ1) is 5.11. The molecule has 0 unspecified atom stereocenters. The van der Waals surface area contributed by atoms with E-state index in [-0.39, 0.29) is 62.7 Å². The summed E-state index contributed by atoms with van der Waals surface area (Å²) in [5.74, 6) is -1.78. The van der Waals surface area contributed by atoms with Gasteiger partial charge in [0.05, 0.1) is 5.97 Å². The Kier molecular flexibility index (Phi) is 4.80. The van der Waals surface area contributed by atoms with Gasteiger partial charge in [0.1, 0.15) is 5.75 Å². The van der Waals surface area contributed by atoms with Crippen LogP contribution < -0.4 is 62.2 Å². The SMILES string of the molecule is Nc1ccc(C(=O)[O-])c(O)c1.[K+]. The molecule has 1 aromatic rings. The normalized spacial score (nSPS) is 8.67. The summed E-state index contributed by atoms with van der Waals surface area (Å²) in [5, 5.41) is 19.2. The van der Waals surface area contributed by atoms with E-state index in [4.69, 9.17) is 10.8 Å². The second-order valence-electron chi connectivity index (χ2n) is 2.06. The third-order valence-corrected chi connectivity index (χ3v) is 1.24. The van der Waals surface area contributed by atoms with Crippen LogP contribution >= 0.6 is 0 Å². The van der Waals surface area contributed by atoms with Gasteiger partial charge in [0.25, 0.3) is 0 Å². The van der Waals surface area contributed by atoms with Gasteiger partial charge in [0.15, 0.2) is 0 Å². The van der Waals surface area contributed by atoms with Crippen LogP contribution in [0.5, 0.6) is 5.75 Å². The van der Waals surface area contributed by atoms with Crippen molar-refractivity contribution in [2.45, 2.75) is 0 Å². The first kappa shape index (κ1) is 11.9. The van der Waals surface area contributed by atoms with E-state index in [0.717, 1.165) is 6.07 Å². The molecule has 0 amide bonds. The first-order valence-corrected chi connectivity index (χ1v) is 2.91. The number of carbonyl (C=O) groups is 1. The Morgan fingerprint density at radius 3 is 2.50 bits per heavy atom. The Morgan fingerprint density at radius 2 is 2.08 bits per heavy atom. The molecule has 3 N–H and O–H groups in total. The number of benzene rings is 1. The molecule has 58 valence electrons. The average molecular weight is 191 g/mol. The van der Waals surface area contributed by atoms with Gasteiger partial charge in [0, 0.05) is 17.3 Å². The average Bonchev–Trinajstić information content (AvgIpc) is 1.85. The van der Waals surface area contributed by atoms with E-state index in [2.05, 4.69) is 0 Å². The fourth-order valence-corrected chi connectivity index (χ4v) is 0.721. The number of carboxylic acid groups (broad SMARTS) is 1. The molecule has 0 saturated carbocycles. The fourth-order valence-electron chi connectivity index (χ4n) is 0.721. The molecule has 0 fully saturated rings. The summed E-state index contributed by atoms with van der Waals surface area (Å²) in [5.41, 5.74) is 5.32. The van der Waals surface area contributed by atoms with Crippen LogP contribution in [0.25, 0.3) is 0 Å². The van der Waals surface area contributed by atoms with Gasteiger partial charge in [-0.2, -0.15) is 0 Å². The molecule has 4 nitrogen and oxygen atoms in total. The molecule has 12 heavy (non-hydrogen) atoms. The third-order valence-electron chi connectivity index (χ3n) is 1.24. The summed E-state index contributed by atoms with van der Waals surface area (Å²) in [6.45, 7) is 0. The molecule has 1 aromatic carbocycles. The molecule has 0 aliphatic carbocycles. The number of hydrogen-bond donors (Lipinski definition) is 2. The number of aromatic hydroxyl groups is 1. The second kappa shape index (κ2) is 4.83. The quantitative estimate of drug-likeness (QED) is 0.354. The molecular formula is C7H6KNO3. The predicted molar refractivity (Wildman–Crippen MR) is 36.8 cm³/mol. The summed E-state index contributed by atoms with van der Waals surface area (Å²) in [7, 11) is 0. The molecule has 0 spiro atoms. The summed E-state index contributed by atoms with van der Waals surface area (Å²) in [6.07, 6.45) is 0. The first-order valence-electron chi connectivity index (χ1n) is 2.91. The Bertz CT molecular complexity index is 301. The maximum Gasteiger partial charge on any atom is 1.00 e. The maximum atomic E-state index is 10.2. The third kappa shape index (κ3) is 2.76. The minimum atomic E-state index is -1.41. The van der Waals surface area contributed by atoms with E-state index < -0.39 is 5.97 Å². The van der Waals surface area contributed by atoms with Crippen molar-refractivity contribution in [2.24, 2.45) is 0 Å².